The third kappa shape index (κ3) is 2.97. The molecule has 1 aromatic rings. The van der Waals surface area contributed by atoms with E-state index < -0.39 is 0 Å². The van der Waals surface area contributed by atoms with E-state index in [4.69, 9.17) is 0 Å². The molecule has 5 nitrogen and oxygen atoms in total. The van der Waals surface area contributed by atoms with Crippen molar-refractivity contribution in [1.82, 2.24) is 14.9 Å². The minimum atomic E-state index is 0.231. The van der Waals surface area contributed by atoms with Crippen LogP contribution in [-0.2, 0) is 4.79 Å². The van der Waals surface area contributed by atoms with E-state index in [1.807, 2.05) is 31.7 Å². The fourth-order valence-electron chi connectivity index (χ4n) is 2.33. The summed E-state index contributed by atoms with van der Waals surface area (Å²) >= 11 is 0. The van der Waals surface area contributed by atoms with Gasteiger partial charge in [-0.3, -0.25) is 4.79 Å². The molecule has 98 valence electrons. The van der Waals surface area contributed by atoms with E-state index in [2.05, 4.69) is 15.3 Å². The zero-order valence-corrected chi connectivity index (χ0v) is 11.2. The Balaban J connectivity index is 1.97. The fraction of sp³-hybridized carbons (Fsp3) is 0.615. The molecule has 5 heteroatoms. The number of carbonyl (C=O) groups excluding carboxylic acids is 1. The van der Waals surface area contributed by atoms with E-state index in [9.17, 15) is 4.79 Å². The molecule has 1 fully saturated rings. The van der Waals surface area contributed by atoms with Crippen molar-refractivity contribution in [3.63, 3.8) is 0 Å². The van der Waals surface area contributed by atoms with Gasteiger partial charge in [0.1, 0.15) is 11.6 Å². The lowest BCUT2D eigenvalue weighted by atomic mass is 10.2. The van der Waals surface area contributed by atoms with Crippen LogP contribution in [0.2, 0.25) is 0 Å². The molecule has 1 aromatic heterocycles. The van der Waals surface area contributed by atoms with Crippen LogP contribution in [-0.4, -0.2) is 39.9 Å². The fourth-order valence-corrected chi connectivity index (χ4v) is 2.33. The van der Waals surface area contributed by atoms with Gasteiger partial charge in [0.15, 0.2) is 0 Å². The Morgan fingerprint density at radius 1 is 1.50 bits per heavy atom. The summed E-state index contributed by atoms with van der Waals surface area (Å²) < 4.78 is 0. The number of aromatic nitrogens is 2. The minimum Gasteiger partial charge on any atom is -0.365 e. The number of amides is 1. The number of nitrogens with zero attached hydrogens (tertiary/aromatic N) is 3. The van der Waals surface area contributed by atoms with Crippen molar-refractivity contribution < 1.29 is 4.79 Å². The maximum atomic E-state index is 11.6. The molecule has 1 unspecified atom stereocenters. The Labute approximate surface area is 108 Å². The first-order chi connectivity index (χ1) is 8.58. The van der Waals surface area contributed by atoms with Crippen molar-refractivity contribution in [1.29, 1.82) is 0 Å². The number of nitrogens with one attached hydrogen (secondary N) is 1. The second-order valence-electron chi connectivity index (χ2n) is 4.77. The first-order valence-corrected chi connectivity index (χ1v) is 6.45. The van der Waals surface area contributed by atoms with E-state index in [0.29, 0.717) is 12.5 Å². The molecule has 1 aliphatic heterocycles. The SMILES string of the molecule is CCC(=O)N1CCC(Nc2cc(C)nc(C)n2)C1. The maximum absolute atomic E-state index is 11.6. The molecule has 0 spiro atoms. The van der Waals surface area contributed by atoms with E-state index in [1.54, 1.807) is 0 Å². The average Bonchev–Trinajstić information content (AvgIpc) is 2.75. The Bertz CT molecular complexity index is 426. The van der Waals surface area contributed by atoms with Crippen LogP contribution in [0.5, 0.6) is 0 Å². The molecule has 2 heterocycles. The zero-order valence-electron chi connectivity index (χ0n) is 11.2. The molecule has 2 rings (SSSR count). The van der Waals surface area contributed by atoms with Crippen LogP contribution in [0, 0.1) is 13.8 Å². The van der Waals surface area contributed by atoms with Crippen molar-refractivity contribution in [2.24, 2.45) is 0 Å². The van der Waals surface area contributed by atoms with Crippen molar-refractivity contribution in [2.45, 2.75) is 39.7 Å². The predicted molar refractivity (Wildman–Crippen MR) is 70.4 cm³/mol. The first kappa shape index (κ1) is 12.8. The van der Waals surface area contributed by atoms with E-state index in [-0.39, 0.29) is 5.91 Å². The number of hydrogen-bond acceptors (Lipinski definition) is 4. The third-order valence-electron chi connectivity index (χ3n) is 3.16. The summed E-state index contributed by atoms with van der Waals surface area (Å²) in [7, 11) is 0. The van der Waals surface area contributed by atoms with Gasteiger partial charge in [-0.15, -0.1) is 0 Å². The lowest BCUT2D eigenvalue weighted by Crippen LogP contribution is -2.31. The number of hydrogen-bond donors (Lipinski definition) is 1. The van der Waals surface area contributed by atoms with Gasteiger partial charge in [0.2, 0.25) is 5.91 Å². The van der Waals surface area contributed by atoms with Gasteiger partial charge in [-0.05, 0) is 20.3 Å². The Kier molecular flexibility index (Phi) is 3.79. The number of aryl methyl sites for hydroxylation is 2. The van der Waals surface area contributed by atoms with Gasteiger partial charge in [0, 0.05) is 37.3 Å². The van der Waals surface area contributed by atoms with Crippen LogP contribution in [0.4, 0.5) is 5.82 Å². The average molecular weight is 248 g/mol. The molecular formula is C13H20N4O. The van der Waals surface area contributed by atoms with Gasteiger partial charge in [-0.25, -0.2) is 9.97 Å². The number of likely N-dealkylation sites (tertiary alicyclic amines) is 1. The summed E-state index contributed by atoms with van der Waals surface area (Å²) in [5, 5.41) is 3.39. The zero-order chi connectivity index (χ0) is 13.1. The van der Waals surface area contributed by atoms with Crippen molar-refractivity contribution in [3.05, 3.63) is 17.6 Å². The van der Waals surface area contributed by atoms with E-state index >= 15 is 0 Å². The van der Waals surface area contributed by atoms with Gasteiger partial charge in [0.25, 0.3) is 0 Å². The lowest BCUT2D eigenvalue weighted by molar-refractivity contribution is -0.129. The smallest absolute Gasteiger partial charge is 0.222 e. The number of anilines is 1. The van der Waals surface area contributed by atoms with Gasteiger partial charge < -0.3 is 10.2 Å². The molecular weight excluding hydrogens is 228 g/mol. The molecule has 0 aromatic carbocycles. The van der Waals surface area contributed by atoms with Crippen LogP contribution in [0.3, 0.4) is 0 Å². The lowest BCUT2D eigenvalue weighted by Gasteiger charge is -2.16. The van der Waals surface area contributed by atoms with Crippen molar-refractivity contribution in [3.8, 4) is 0 Å². The molecule has 1 aliphatic rings. The topological polar surface area (TPSA) is 58.1 Å². The van der Waals surface area contributed by atoms with Crippen LogP contribution < -0.4 is 5.32 Å². The van der Waals surface area contributed by atoms with E-state index in [1.165, 1.54) is 0 Å². The quantitative estimate of drug-likeness (QED) is 0.881. The summed E-state index contributed by atoms with van der Waals surface area (Å²) in [5.74, 6) is 1.86. The summed E-state index contributed by atoms with van der Waals surface area (Å²) in [5.41, 5.74) is 0.962. The Morgan fingerprint density at radius 2 is 2.28 bits per heavy atom. The molecule has 18 heavy (non-hydrogen) atoms. The summed E-state index contributed by atoms with van der Waals surface area (Å²) in [6, 6.07) is 2.24. The monoisotopic (exact) mass is 248 g/mol. The highest BCUT2D eigenvalue weighted by atomic mass is 16.2. The van der Waals surface area contributed by atoms with Crippen molar-refractivity contribution >= 4 is 11.7 Å². The number of carbonyl (C=O) groups is 1. The molecule has 1 atom stereocenters. The second-order valence-corrected chi connectivity index (χ2v) is 4.77. The molecule has 0 saturated carbocycles. The summed E-state index contributed by atoms with van der Waals surface area (Å²) in [4.78, 5) is 22.1. The summed E-state index contributed by atoms with van der Waals surface area (Å²) in [6.45, 7) is 7.36. The van der Waals surface area contributed by atoms with Gasteiger partial charge in [-0.1, -0.05) is 6.92 Å². The highest BCUT2D eigenvalue weighted by Gasteiger charge is 2.25. The van der Waals surface area contributed by atoms with Crippen LogP contribution >= 0.6 is 0 Å². The maximum Gasteiger partial charge on any atom is 0.222 e. The molecule has 1 N–H and O–H groups in total. The molecule has 0 bridgehead atoms. The predicted octanol–water partition coefficient (Wildman–Crippen LogP) is 1.52. The highest BCUT2D eigenvalue weighted by Crippen LogP contribution is 2.15. The third-order valence-corrected chi connectivity index (χ3v) is 3.16. The first-order valence-electron chi connectivity index (χ1n) is 6.45. The Morgan fingerprint density at radius 3 is 2.94 bits per heavy atom. The number of rotatable bonds is 3. The van der Waals surface area contributed by atoms with Crippen molar-refractivity contribution in [2.75, 3.05) is 18.4 Å². The van der Waals surface area contributed by atoms with Gasteiger partial charge in [-0.2, -0.15) is 0 Å². The standard InChI is InChI=1S/C13H20N4O/c1-4-13(18)17-6-5-11(8-17)16-12-7-9(2)14-10(3)15-12/h7,11H,4-6,8H2,1-3H3,(H,14,15,16). The summed E-state index contributed by atoms with van der Waals surface area (Å²) in [6.07, 6.45) is 1.56. The molecule has 1 saturated heterocycles. The van der Waals surface area contributed by atoms with Gasteiger partial charge >= 0.3 is 0 Å². The van der Waals surface area contributed by atoms with Crippen LogP contribution in [0.15, 0.2) is 6.07 Å². The normalized spacial score (nSPS) is 19.1. The highest BCUT2D eigenvalue weighted by molar-refractivity contribution is 5.76. The molecule has 0 aliphatic carbocycles. The van der Waals surface area contributed by atoms with Gasteiger partial charge in [0.05, 0.1) is 0 Å². The largest absolute Gasteiger partial charge is 0.365 e. The van der Waals surface area contributed by atoms with Crippen LogP contribution in [0.1, 0.15) is 31.3 Å². The van der Waals surface area contributed by atoms with Crippen LogP contribution in [0.25, 0.3) is 0 Å². The van der Waals surface area contributed by atoms with E-state index in [0.717, 1.165) is 36.8 Å². The minimum absolute atomic E-state index is 0.231. The molecule has 1 amide bonds. The second kappa shape index (κ2) is 5.33. The molecule has 0 radical (unpaired) electrons. The Hall–Kier alpha value is -1.65.